The first-order valence-corrected chi connectivity index (χ1v) is 7.77. The Bertz CT molecular complexity index is 622. The number of benzene rings is 1. The maximum atomic E-state index is 12.1. The van der Waals surface area contributed by atoms with E-state index in [1.165, 1.54) is 12.8 Å². The van der Waals surface area contributed by atoms with Gasteiger partial charge in [0, 0.05) is 23.9 Å². The molecule has 1 amide bonds. The van der Waals surface area contributed by atoms with Gasteiger partial charge in [-0.3, -0.25) is 4.79 Å². The second-order valence-corrected chi connectivity index (χ2v) is 5.54. The van der Waals surface area contributed by atoms with Gasteiger partial charge >= 0.3 is 0 Å². The van der Waals surface area contributed by atoms with E-state index in [0.29, 0.717) is 18.0 Å². The number of aromatic nitrogens is 1. The van der Waals surface area contributed by atoms with Crippen LogP contribution >= 0.6 is 0 Å². The lowest BCUT2D eigenvalue weighted by Gasteiger charge is -2.15. The van der Waals surface area contributed by atoms with Crippen LogP contribution in [0.15, 0.2) is 48.7 Å². The van der Waals surface area contributed by atoms with Gasteiger partial charge in [0.25, 0.3) is 5.91 Å². The number of hydrogen-bond acceptors (Lipinski definition) is 3. The normalized spacial score (nSPS) is 14.7. The Kier molecular flexibility index (Phi) is 4.68. The second kappa shape index (κ2) is 7.07. The Morgan fingerprint density at radius 2 is 1.91 bits per heavy atom. The van der Waals surface area contributed by atoms with Crippen molar-refractivity contribution in [2.24, 2.45) is 0 Å². The predicted octanol–water partition coefficient (Wildman–Crippen LogP) is 3.33. The van der Waals surface area contributed by atoms with Crippen LogP contribution in [0.25, 0.3) is 0 Å². The number of nitrogens with one attached hydrogen (secondary N) is 1. The van der Waals surface area contributed by atoms with E-state index in [2.05, 4.69) is 10.3 Å². The summed E-state index contributed by atoms with van der Waals surface area (Å²) in [6.45, 7) is 0.420. The minimum absolute atomic E-state index is 0.0868. The summed E-state index contributed by atoms with van der Waals surface area (Å²) >= 11 is 0. The predicted molar refractivity (Wildman–Crippen MR) is 84.7 cm³/mol. The lowest BCUT2D eigenvalue weighted by molar-refractivity contribution is 0.0950. The van der Waals surface area contributed by atoms with E-state index in [1.54, 1.807) is 18.3 Å². The monoisotopic (exact) mass is 296 g/mol. The molecule has 0 spiro atoms. The molecular formula is C18H20N2O2. The second-order valence-electron chi connectivity index (χ2n) is 5.54. The number of rotatable bonds is 5. The van der Waals surface area contributed by atoms with Gasteiger partial charge < -0.3 is 10.1 Å². The third-order valence-corrected chi connectivity index (χ3v) is 3.91. The molecular weight excluding hydrogens is 276 g/mol. The van der Waals surface area contributed by atoms with Gasteiger partial charge in [0.05, 0.1) is 0 Å². The van der Waals surface area contributed by atoms with Crippen molar-refractivity contribution in [2.75, 3.05) is 0 Å². The molecule has 1 aliphatic rings. The molecule has 0 saturated heterocycles. The van der Waals surface area contributed by atoms with Crippen molar-refractivity contribution in [3.8, 4) is 5.88 Å². The molecule has 1 aromatic heterocycles. The molecule has 0 aliphatic heterocycles. The van der Waals surface area contributed by atoms with Gasteiger partial charge in [0.1, 0.15) is 6.10 Å². The molecule has 1 heterocycles. The summed E-state index contributed by atoms with van der Waals surface area (Å²) in [5.41, 5.74) is 1.57. The zero-order valence-electron chi connectivity index (χ0n) is 12.5. The van der Waals surface area contributed by atoms with Gasteiger partial charge in [-0.25, -0.2) is 4.98 Å². The van der Waals surface area contributed by atoms with Crippen LogP contribution in [0.4, 0.5) is 0 Å². The fourth-order valence-corrected chi connectivity index (χ4v) is 2.70. The molecule has 2 aromatic rings. The molecule has 4 nitrogen and oxygen atoms in total. The van der Waals surface area contributed by atoms with E-state index >= 15 is 0 Å². The quantitative estimate of drug-likeness (QED) is 0.920. The standard InChI is InChI=1S/C18H20N2O2/c21-17(14-7-2-1-3-8-14)20-13-15-9-6-12-19-18(15)22-16-10-4-5-11-16/h1-3,6-9,12,16H,4-5,10-11,13H2,(H,20,21). The summed E-state index contributed by atoms with van der Waals surface area (Å²) in [4.78, 5) is 16.4. The van der Waals surface area contributed by atoms with Crippen LogP contribution in [0.1, 0.15) is 41.6 Å². The van der Waals surface area contributed by atoms with E-state index in [9.17, 15) is 4.79 Å². The zero-order valence-corrected chi connectivity index (χ0v) is 12.5. The van der Waals surface area contributed by atoms with Gasteiger partial charge in [-0.2, -0.15) is 0 Å². The fourth-order valence-electron chi connectivity index (χ4n) is 2.70. The van der Waals surface area contributed by atoms with Crippen LogP contribution in [0.3, 0.4) is 0 Å². The van der Waals surface area contributed by atoms with Gasteiger partial charge in [0.2, 0.25) is 5.88 Å². The molecule has 1 saturated carbocycles. The summed E-state index contributed by atoms with van der Waals surface area (Å²) in [7, 11) is 0. The number of amides is 1. The number of hydrogen-bond donors (Lipinski definition) is 1. The lowest BCUT2D eigenvalue weighted by atomic mass is 10.2. The van der Waals surface area contributed by atoms with Crippen molar-refractivity contribution in [3.05, 3.63) is 59.8 Å². The van der Waals surface area contributed by atoms with Crippen LogP contribution in [0, 0.1) is 0 Å². The number of carbonyl (C=O) groups excluding carboxylic acids is 1. The number of nitrogens with zero attached hydrogens (tertiary/aromatic N) is 1. The highest BCUT2D eigenvalue weighted by molar-refractivity contribution is 5.94. The number of carbonyl (C=O) groups is 1. The Balaban J connectivity index is 1.63. The molecule has 4 heteroatoms. The minimum atomic E-state index is -0.0868. The fraction of sp³-hybridized carbons (Fsp3) is 0.333. The van der Waals surface area contributed by atoms with Crippen LogP contribution in [-0.2, 0) is 6.54 Å². The first-order chi connectivity index (χ1) is 10.8. The Morgan fingerprint density at radius 3 is 2.68 bits per heavy atom. The molecule has 0 atom stereocenters. The third kappa shape index (κ3) is 3.64. The van der Waals surface area contributed by atoms with Gasteiger partial charge in [0.15, 0.2) is 0 Å². The van der Waals surface area contributed by atoms with Gasteiger partial charge in [-0.1, -0.05) is 24.3 Å². The largest absolute Gasteiger partial charge is 0.474 e. The molecule has 1 aromatic carbocycles. The van der Waals surface area contributed by atoms with Gasteiger partial charge in [-0.05, 0) is 43.9 Å². The Morgan fingerprint density at radius 1 is 1.14 bits per heavy atom. The number of pyridine rings is 1. The zero-order chi connectivity index (χ0) is 15.2. The smallest absolute Gasteiger partial charge is 0.251 e. The minimum Gasteiger partial charge on any atom is -0.474 e. The van der Waals surface area contributed by atoms with Crippen molar-refractivity contribution in [1.82, 2.24) is 10.3 Å². The van der Waals surface area contributed by atoms with Crippen LogP contribution in [0.5, 0.6) is 5.88 Å². The van der Waals surface area contributed by atoms with E-state index in [-0.39, 0.29) is 12.0 Å². The maximum absolute atomic E-state index is 12.1. The van der Waals surface area contributed by atoms with E-state index < -0.39 is 0 Å². The highest BCUT2D eigenvalue weighted by Gasteiger charge is 2.18. The van der Waals surface area contributed by atoms with Crippen LogP contribution < -0.4 is 10.1 Å². The Hall–Kier alpha value is -2.36. The molecule has 114 valence electrons. The molecule has 0 unspecified atom stereocenters. The number of ether oxygens (including phenoxy) is 1. The van der Waals surface area contributed by atoms with Crippen molar-refractivity contribution in [2.45, 2.75) is 38.3 Å². The Labute approximate surface area is 130 Å². The van der Waals surface area contributed by atoms with Crippen LogP contribution in [0.2, 0.25) is 0 Å². The van der Waals surface area contributed by atoms with Crippen molar-refractivity contribution in [3.63, 3.8) is 0 Å². The van der Waals surface area contributed by atoms with Crippen LogP contribution in [-0.4, -0.2) is 17.0 Å². The molecule has 1 N–H and O–H groups in total. The first-order valence-electron chi connectivity index (χ1n) is 7.77. The average Bonchev–Trinajstić information content (AvgIpc) is 3.07. The molecule has 0 radical (unpaired) electrons. The summed E-state index contributed by atoms with van der Waals surface area (Å²) < 4.78 is 5.98. The molecule has 3 rings (SSSR count). The average molecular weight is 296 g/mol. The van der Waals surface area contributed by atoms with Crippen molar-refractivity contribution < 1.29 is 9.53 Å². The molecule has 1 fully saturated rings. The molecule has 0 bridgehead atoms. The van der Waals surface area contributed by atoms with E-state index in [1.807, 2.05) is 30.3 Å². The SMILES string of the molecule is O=C(NCc1cccnc1OC1CCCC1)c1ccccc1. The van der Waals surface area contributed by atoms with Crippen molar-refractivity contribution >= 4 is 5.91 Å². The van der Waals surface area contributed by atoms with Gasteiger partial charge in [-0.15, -0.1) is 0 Å². The maximum Gasteiger partial charge on any atom is 0.251 e. The van der Waals surface area contributed by atoms with E-state index in [4.69, 9.17) is 4.74 Å². The highest BCUT2D eigenvalue weighted by Crippen LogP contribution is 2.24. The lowest BCUT2D eigenvalue weighted by Crippen LogP contribution is -2.23. The van der Waals surface area contributed by atoms with E-state index in [0.717, 1.165) is 18.4 Å². The third-order valence-electron chi connectivity index (χ3n) is 3.91. The highest BCUT2D eigenvalue weighted by atomic mass is 16.5. The first kappa shape index (κ1) is 14.6. The topological polar surface area (TPSA) is 51.2 Å². The molecule has 22 heavy (non-hydrogen) atoms. The van der Waals surface area contributed by atoms with Crippen molar-refractivity contribution in [1.29, 1.82) is 0 Å². The molecule has 1 aliphatic carbocycles. The summed E-state index contributed by atoms with van der Waals surface area (Å²) in [5, 5.41) is 2.92. The summed E-state index contributed by atoms with van der Waals surface area (Å²) in [5.74, 6) is 0.555. The summed E-state index contributed by atoms with van der Waals surface area (Å²) in [6.07, 6.45) is 6.61. The summed E-state index contributed by atoms with van der Waals surface area (Å²) in [6, 6.07) is 13.0.